The number of fused-ring (bicyclic) bond motifs is 1. The van der Waals surface area contributed by atoms with Crippen LogP contribution in [-0.2, 0) is 6.18 Å². The molecule has 1 amide bonds. The summed E-state index contributed by atoms with van der Waals surface area (Å²) < 4.78 is 38.8. The highest BCUT2D eigenvalue weighted by atomic mass is 19.4. The van der Waals surface area contributed by atoms with E-state index in [1.54, 1.807) is 30.3 Å². The molecule has 8 heteroatoms. The molecule has 1 fully saturated rings. The molecule has 0 saturated carbocycles. The molecule has 1 aliphatic rings. The van der Waals surface area contributed by atoms with E-state index in [1.807, 2.05) is 11.9 Å². The number of likely N-dealkylation sites (N-methyl/N-ethyl adjacent to an activating group) is 1. The molecule has 0 spiro atoms. The maximum atomic E-state index is 12.9. The number of halogens is 3. The lowest BCUT2D eigenvalue weighted by atomic mass is 10.1. The molecular weight excluding hydrogens is 393 g/mol. The zero-order valence-electron chi connectivity index (χ0n) is 16.4. The van der Waals surface area contributed by atoms with Gasteiger partial charge in [-0.1, -0.05) is 6.07 Å². The lowest BCUT2D eigenvalue weighted by molar-refractivity contribution is -0.137. The van der Waals surface area contributed by atoms with Crippen molar-refractivity contribution < 1.29 is 18.0 Å². The minimum absolute atomic E-state index is 0.00342. The Morgan fingerprint density at radius 2 is 1.70 bits per heavy atom. The lowest BCUT2D eigenvalue weighted by Gasteiger charge is -2.32. The van der Waals surface area contributed by atoms with E-state index in [0.29, 0.717) is 29.7 Å². The number of amides is 1. The number of piperazine rings is 1. The topological polar surface area (TPSA) is 48.5 Å². The van der Waals surface area contributed by atoms with Gasteiger partial charge in [0, 0.05) is 54.7 Å². The van der Waals surface area contributed by atoms with E-state index in [4.69, 9.17) is 0 Å². The summed E-state index contributed by atoms with van der Waals surface area (Å²) in [5.41, 5.74) is 1.52. The largest absolute Gasteiger partial charge is 0.416 e. The highest BCUT2D eigenvalue weighted by molar-refractivity contribution is 5.96. The molecule has 1 N–H and O–H groups in total. The van der Waals surface area contributed by atoms with Crippen LogP contribution < -0.4 is 5.32 Å². The molecule has 0 unspecified atom stereocenters. The van der Waals surface area contributed by atoms with Gasteiger partial charge in [-0.05, 0) is 49.5 Å². The van der Waals surface area contributed by atoms with Gasteiger partial charge in [-0.2, -0.15) is 13.2 Å². The van der Waals surface area contributed by atoms with E-state index >= 15 is 0 Å². The molecule has 2 aromatic carbocycles. The van der Waals surface area contributed by atoms with Gasteiger partial charge in [0.25, 0.3) is 5.91 Å². The van der Waals surface area contributed by atoms with Gasteiger partial charge in [0.05, 0.1) is 11.1 Å². The van der Waals surface area contributed by atoms with Crippen molar-refractivity contribution in [3.63, 3.8) is 0 Å². The quantitative estimate of drug-likeness (QED) is 0.691. The molecule has 5 nitrogen and oxygen atoms in total. The number of alkyl halides is 3. The van der Waals surface area contributed by atoms with E-state index in [2.05, 4.69) is 15.2 Å². The Labute approximate surface area is 172 Å². The van der Waals surface area contributed by atoms with E-state index in [0.717, 1.165) is 30.9 Å². The summed E-state index contributed by atoms with van der Waals surface area (Å²) in [6.07, 6.45) is -2.94. The Morgan fingerprint density at radius 3 is 2.37 bits per heavy atom. The number of carbonyl (C=O) groups is 1. The fraction of sp³-hybridized carbons (Fsp3) is 0.273. The fourth-order valence-corrected chi connectivity index (χ4v) is 3.48. The van der Waals surface area contributed by atoms with Crippen molar-refractivity contribution in [1.29, 1.82) is 0 Å². The maximum absolute atomic E-state index is 12.9. The Kier molecular flexibility index (Phi) is 5.34. The summed E-state index contributed by atoms with van der Waals surface area (Å²) in [7, 11) is 2.04. The van der Waals surface area contributed by atoms with Crippen LogP contribution in [0.4, 0.5) is 24.5 Å². The molecule has 0 aliphatic carbocycles. The van der Waals surface area contributed by atoms with Crippen LogP contribution in [0.25, 0.3) is 10.9 Å². The van der Waals surface area contributed by atoms with Crippen molar-refractivity contribution in [2.75, 3.05) is 38.5 Å². The molecule has 1 aliphatic heterocycles. The van der Waals surface area contributed by atoms with Crippen LogP contribution in [0, 0.1) is 0 Å². The van der Waals surface area contributed by atoms with Crippen LogP contribution >= 0.6 is 0 Å². The summed E-state index contributed by atoms with van der Waals surface area (Å²) in [6, 6.07) is 12.3. The summed E-state index contributed by atoms with van der Waals surface area (Å²) >= 11 is 0. The number of anilines is 2. The number of aromatic nitrogens is 1. The number of benzene rings is 2. The van der Waals surface area contributed by atoms with E-state index in [9.17, 15) is 18.0 Å². The molecule has 156 valence electrons. The lowest BCUT2D eigenvalue weighted by Crippen LogP contribution is -2.47. The monoisotopic (exact) mass is 414 g/mol. The molecule has 2 heterocycles. The van der Waals surface area contributed by atoms with E-state index in [1.165, 1.54) is 12.3 Å². The van der Waals surface area contributed by atoms with Crippen molar-refractivity contribution in [3.8, 4) is 0 Å². The average molecular weight is 414 g/mol. The molecule has 1 saturated heterocycles. The second-order valence-electron chi connectivity index (χ2n) is 7.39. The van der Waals surface area contributed by atoms with Gasteiger partial charge in [0.1, 0.15) is 0 Å². The van der Waals surface area contributed by atoms with Crippen LogP contribution in [0.15, 0.2) is 54.7 Å². The molecule has 0 atom stereocenters. The Balaban J connectivity index is 1.52. The van der Waals surface area contributed by atoms with Gasteiger partial charge in [-0.15, -0.1) is 0 Å². The number of hydrogen-bond acceptors (Lipinski definition) is 4. The van der Waals surface area contributed by atoms with Crippen LogP contribution in [0.5, 0.6) is 0 Å². The first kappa shape index (κ1) is 20.2. The predicted molar refractivity (Wildman–Crippen MR) is 110 cm³/mol. The van der Waals surface area contributed by atoms with Gasteiger partial charge >= 0.3 is 6.18 Å². The van der Waals surface area contributed by atoms with Crippen LogP contribution in [-0.4, -0.2) is 53.9 Å². The summed E-state index contributed by atoms with van der Waals surface area (Å²) in [5, 5.41) is 3.79. The third-order valence-electron chi connectivity index (χ3n) is 5.27. The summed E-state index contributed by atoms with van der Waals surface area (Å²) in [4.78, 5) is 20.7. The number of nitrogens with zero attached hydrogens (tertiary/aromatic N) is 3. The first-order valence-electron chi connectivity index (χ1n) is 9.62. The second kappa shape index (κ2) is 7.95. The fourth-order valence-electron chi connectivity index (χ4n) is 3.48. The van der Waals surface area contributed by atoms with Gasteiger partial charge in [0.2, 0.25) is 0 Å². The highest BCUT2D eigenvalue weighted by Crippen LogP contribution is 2.33. The first-order valence-corrected chi connectivity index (χ1v) is 9.62. The number of carbonyl (C=O) groups excluding carboxylic acids is 1. The Hall–Kier alpha value is -3.13. The Bertz CT molecular complexity index is 1060. The van der Waals surface area contributed by atoms with Gasteiger partial charge < -0.3 is 15.1 Å². The van der Waals surface area contributed by atoms with E-state index < -0.39 is 11.7 Å². The maximum Gasteiger partial charge on any atom is 0.416 e. The number of hydrogen-bond donors (Lipinski definition) is 1. The van der Waals surface area contributed by atoms with Crippen molar-refractivity contribution >= 4 is 28.2 Å². The van der Waals surface area contributed by atoms with Crippen LogP contribution in [0.3, 0.4) is 0 Å². The van der Waals surface area contributed by atoms with Gasteiger partial charge in [-0.25, -0.2) is 0 Å². The minimum Gasteiger partial charge on any atom is -0.355 e. The molecule has 3 aromatic rings. The number of rotatable bonds is 3. The van der Waals surface area contributed by atoms with Crippen molar-refractivity contribution in [3.05, 3.63) is 65.9 Å². The van der Waals surface area contributed by atoms with E-state index in [-0.39, 0.29) is 11.4 Å². The van der Waals surface area contributed by atoms with Crippen molar-refractivity contribution in [2.24, 2.45) is 0 Å². The highest BCUT2D eigenvalue weighted by Gasteiger charge is 2.30. The van der Waals surface area contributed by atoms with Crippen LogP contribution in [0.2, 0.25) is 0 Å². The molecule has 0 bridgehead atoms. The zero-order valence-corrected chi connectivity index (χ0v) is 16.4. The third kappa shape index (κ3) is 4.23. The SMILES string of the molecule is CN1CCN(C(=O)c2ccc(Nc3ccnc4cc(C(F)(F)F)ccc34)cc2)CC1. The third-order valence-corrected chi connectivity index (χ3v) is 5.27. The van der Waals surface area contributed by atoms with Crippen molar-refractivity contribution in [1.82, 2.24) is 14.8 Å². The zero-order chi connectivity index (χ0) is 21.3. The number of nitrogens with one attached hydrogen (secondary N) is 1. The van der Waals surface area contributed by atoms with Gasteiger partial charge in [-0.3, -0.25) is 9.78 Å². The first-order chi connectivity index (χ1) is 14.3. The van der Waals surface area contributed by atoms with Gasteiger partial charge in [0.15, 0.2) is 0 Å². The van der Waals surface area contributed by atoms with Crippen LogP contribution in [0.1, 0.15) is 15.9 Å². The molecular formula is C22H21F3N4O. The smallest absolute Gasteiger partial charge is 0.355 e. The summed E-state index contributed by atoms with van der Waals surface area (Å²) in [6.45, 7) is 3.13. The van der Waals surface area contributed by atoms with Crippen molar-refractivity contribution in [2.45, 2.75) is 6.18 Å². The molecule has 0 radical (unpaired) electrons. The summed E-state index contributed by atoms with van der Waals surface area (Å²) in [5.74, 6) is 0.00342. The Morgan fingerprint density at radius 1 is 1.00 bits per heavy atom. The minimum atomic E-state index is -4.41. The molecule has 4 rings (SSSR count). The standard InChI is InChI=1S/C22H21F3N4O/c1-28-10-12-29(13-11-28)21(30)15-2-5-17(6-3-15)27-19-8-9-26-20-14-16(22(23,24)25)4-7-18(19)20/h2-9,14H,10-13H2,1H3,(H,26,27). The molecule has 1 aromatic heterocycles. The normalized spacial score (nSPS) is 15.4. The predicted octanol–water partition coefficient (Wildman–Crippen LogP) is 4.38. The second-order valence-corrected chi connectivity index (χ2v) is 7.39. The average Bonchev–Trinajstić information content (AvgIpc) is 2.73. The number of pyridine rings is 1. The molecule has 30 heavy (non-hydrogen) atoms.